The molecule has 2 aromatic rings. The molecule has 0 atom stereocenters. The lowest BCUT2D eigenvalue weighted by atomic mass is 10.1. The van der Waals surface area contributed by atoms with Crippen LogP contribution < -0.4 is 10.6 Å². The van der Waals surface area contributed by atoms with Crippen LogP contribution in [0.1, 0.15) is 35.7 Å². The average Bonchev–Trinajstić information content (AvgIpc) is 2.56. The molecule has 1 aromatic heterocycles. The first-order valence-corrected chi connectivity index (χ1v) is 8.29. The number of halogens is 1. The number of hydrogen-bond donors (Lipinski definition) is 2. The molecule has 0 spiro atoms. The Bertz CT molecular complexity index is 628. The normalized spacial score (nSPS) is 10.3. The topological polar surface area (TPSA) is 54.0 Å². The predicted octanol–water partition coefficient (Wildman–Crippen LogP) is 3.92. The fourth-order valence-corrected chi connectivity index (χ4v) is 2.35. The van der Waals surface area contributed by atoms with Crippen LogP contribution in [0.25, 0.3) is 0 Å². The van der Waals surface area contributed by atoms with Gasteiger partial charge in [0.15, 0.2) is 0 Å². The van der Waals surface area contributed by atoms with Crippen LogP contribution in [0.3, 0.4) is 0 Å². The summed E-state index contributed by atoms with van der Waals surface area (Å²) in [5.41, 5.74) is 1.76. The molecule has 0 saturated heterocycles. The number of unbranched alkanes of at least 4 members (excludes halogenated alkanes) is 1. The molecule has 0 aliphatic rings. The zero-order valence-corrected chi connectivity index (χ0v) is 14.1. The number of benzene rings is 1. The first-order valence-electron chi connectivity index (χ1n) is 7.91. The van der Waals surface area contributed by atoms with E-state index in [2.05, 4.69) is 22.5 Å². The highest BCUT2D eigenvalue weighted by molar-refractivity contribution is 6.30. The van der Waals surface area contributed by atoms with E-state index in [1.54, 1.807) is 12.3 Å². The van der Waals surface area contributed by atoms with E-state index in [4.69, 9.17) is 11.6 Å². The van der Waals surface area contributed by atoms with Crippen LogP contribution in [-0.2, 0) is 6.42 Å². The zero-order valence-electron chi connectivity index (χ0n) is 13.3. The minimum Gasteiger partial charge on any atom is -0.370 e. The molecule has 4 nitrogen and oxygen atoms in total. The fourth-order valence-electron chi connectivity index (χ4n) is 2.14. The molecule has 2 rings (SSSR count). The molecular weight excluding hydrogens is 310 g/mol. The van der Waals surface area contributed by atoms with Gasteiger partial charge < -0.3 is 10.6 Å². The van der Waals surface area contributed by atoms with Crippen LogP contribution in [0, 0.1) is 0 Å². The van der Waals surface area contributed by atoms with Gasteiger partial charge in [0, 0.05) is 24.3 Å². The van der Waals surface area contributed by atoms with Crippen molar-refractivity contribution in [1.82, 2.24) is 10.3 Å². The van der Waals surface area contributed by atoms with E-state index in [1.165, 1.54) is 5.56 Å². The molecule has 2 N–H and O–H groups in total. The summed E-state index contributed by atoms with van der Waals surface area (Å²) in [5.74, 6) is 0.688. The smallest absolute Gasteiger partial charge is 0.252 e. The van der Waals surface area contributed by atoms with Gasteiger partial charge in [-0.1, -0.05) is 37.1 Å². The molecule has 0 saturated carbocycles. The Balaban J connectivity index is 1.79. The highest BCUT2D eigenvalue weighted by Crippen LogP contribution is 2.11. The Kier molecular flexibility index (Phi) is 6.88. The van der Waals surface area contributed by atoms with Gasteiger partial charge >= 0.3 is 0 Å². The monoisotopic (exact) mass is 331 g/mol. The number of amides is 1. The van der Waals surface area contributed by atoms with E-state index in [9.17, 15) is 4.79 Å². The lowest BCUT2D eigenvalue weighted by molar-refractivity contribution is 0.0953. The number of aromatic nitrogens is 1. The maximum atomic E-state index is 11.9. The lowest BCUT2D eigenvalue weighted by Gasteiger charge is -2.07. The number of nitrogens with zero attached hydrogens (tertiary/aromatic N) is 1. The molecule has 23 heavy (non-hydrogen) atoms. The third-order valence-corrected chi connectivity index (χ3v) is 3.69. The van der Waals surface area contributed by atoms with Crippen LogP contribution in [-0.4, -0.2) is 24.0 Å². The third-order valence-electron chi connectivity index (χ3n) is 3.45. The van der Waals surface area contributed by atoms with Crippen molar-refractivity contribution in [2.45, 2.75) is 26.2 Å². The summed E-state index contributed by atoms with van der Waals surface area (Å²) in [5, 5.41) is 6.87. The number of carbonyl (C=O) groups is 1. The van der Waals surface area contributed by atoms with Gasteiger partial charge in [0.25, 0.3) is 5.91 Å². The number of hydrogen-bond acceptors (Lipinski definition) is 3. The summed E-state index contributed by atoms with van der Waals surface area (Å²) < 4.78 is 0. The van der Waals surface area contributed by atoms with Gasteiger partial charge in [-0.05, 0) is 42.7 Å². The van der Waals surface area contributed by atoms with E-state index < -0.39 is 0 Å². The Hall–Kier alpha value is -2.07. The molecule has 122 valence electrons. The Morgan fingerprint density at radius 2 is 2.09 bits per heavy atom. The molecule has 0 aliphatic carbocycles. The minimum absolute atomic E-state index is 0.0728. The Morgan fingerprint density at radius 1 is 1.22 bits per heavy atom. The van der Waals surface area contributed by atoms with Gasteiger partial charge in [0.05, 0.1) is 5.56 Å². The van der Waals surface area contributed by atoms with Crippen LogP contribution >= 0.6 is 11.6 Å². The summed E-state index contributed by atoms with van der Waals surface area (Å²) in [6, 6.07) is 11.4. The lowest BCUT2D eigenvalue weighted by Crippen LogP contribution is -2.24. The second-order valence-electron chi connectivity index (χ2n) is 5.35. The SMILES string of the molecule is CCCCNC(=O)c1ccc(NCCc2cccc(Cl)c2)nc1. The molecule has 0 radical (unpaired) electrons. The van der Waals surface area contributed by atoms with Gasteiger partial charge in [-0.15, -0.1) is 0 Å². The van der Waals surface area contributed by atoms with Crippen LogP contribution in [0.2, 0.25) is 5.02 Å². The maximum Gasteiger partial charge on any atom is 0.252 e. The second-order valence-corrected chi connectivity index (χ2v) is 5.78. The minimum atomic E-state index is -0.0728. The van der Waals surface area contributed by atoms with Gasteiger partial charge in [-0.2, -0.15) is 0 Å². The summed E-state index contributed by atoms with van der Waals surface area (Å²) in [7, 11) is 0. The summed E-state index contributed by atoms with van der Waals surface area (Å²) in [6.07, 6.45) is 4.51. The van der Waals surface area contributed by atoms with Crippen molar-refractivity contribution in [3.8, 4) is 0 Å². The Labute approximate surface area is 142 Å². The number of carbonyl (C=O) groups excluding carboxylic acids is 1. The zero-order chi connectivity index (χ0) is 16.5. The first-order chi connectivity index (χ1) is 11.2. The third kappa shape index (κ3) is 5.91. The first kappa shape index (κ1) is 17.3. The largest absolute Gasteiger partial charge is 0.370 e. The van der Waals surface area contributed by atoms with Crippen molar-refractivity contribution >= 4 is 23.3 Å². The highest BCUT2D eigenvalue weighted by atomic mass is 35.5. The molecule has 1 amide bonds. The van der Waals surface area contributed by atoms with E-state index in [-0.39, 0.29) is 5.91 Å². The molecule has 1 heterocycles. The molecule has 1 aromatic carbocycles. The van der Waals surface area contributed by atoms with E-state index in [1.807, 2.05) is 30.3 Å². The van der Waals surface area contributed by atoms with E-state index >= 15 is 0 Å². The molecular formula is C18H22ClN3O. The number of nitrogens with one attached hydrogen (secondary N) is 2. The van der Waals surface area contributed by atoms with Gasteiger partial charge in [0.2, 0.25) is 0 Å². The molecule has 0 bridgehead atoms. The van der Waals surface area contributed by atoms with Gasteiger partial charge in [-0.3, -0.25) is 4.79 Å². The second kappa shape index (κ2) is 9.16. The van der Waals surface area contributed by atoms with Crippen LogP contribution in [0.4, 0.5) is 5.82 Å². The summed E-state index contributed by atoms with van der Waals surface area (Å²) >= 11 is 5.96. The Morgan fingerprint density at radius 3 is 2.78 bits per heavy atom. The summed E-state index contributed by atoms with van der Waals surface area (Å²) in [4.78, 5) is 16.2. The standard InChI is InChI=1S/C18H22ClN3O/c1-2-3-10-21-18(23)15-7-8-17(22-13-15)20-11-9-14-5-4-6-16(19)12-14/h4-8,12-13H,2-3,9-11H2,1H3,(H,20,22)(H,21,23). The average molecular weight is 332 g/mol. The maximum absolute atomic E-state index is 11.9. The van der Waals surface area contributed by atoms with E-state index in [0.717, 1.165) is 36.6 Å². The number of anilines is 1. The van der Waals surface area contributed by atoms with Crippen molar-refractivity contribution in [2.75, 3.05) is 18.4 Å². The quantitative estimate of drug-likeness (QED) is 0.721. The van der Waals surface area contributed by atoms with Gasteiger partial charge in [-0.25, -0.2) is 4.98 Å². The molecule has 0 fully saturated rings. The van der Waals surface area contributed by atoms with Crippen molar-refractivity contribution in [3.63, 3.8) is 0 Å². The summed E-state index contributed by atoms with van der Waals surface area (Å²) in [6.45, 7) is 3.56. The molecule has 0 aliphatic heterocycles. The van der Waals surface area contributed by atoms with Crippen molar-refractivity contribution in [1.29, 1.82) is 0 Å². The van der Waals surface area contributed by atoms with Crippen molar-refractivity contribution in [2.24, 2.45) is 0 Å². The molecule has 5 heteroatoms. The van der Waals surface area contributed by atoms with Crippen LogP contribution in [0.15, 0.2) is 42.6 Å². The number of pyridine rings is 1. The van der Waals surface area contributed by atoms with Crippen LogP contribution in [0.5, 0.6) is 0 Å². The van der Waals surface area contributed by atoms with E-state index in [0.29, 0.717) is 12.1 Å². The fraction of sp³-hybridized carbons (Fsp3) is 0.333. The molecule has 0 unspecified atom stereocenters. The van der Waals surface area contributed by atoms with Gasteiger partial charge in [0.1, 0.15) is 5.82 Å². The highest BCUT2D eigenvalue weighted by Gasteiger charge is 2.05. The predicted molar refractivity (Wildman–Crippen MR) is 95.1 cm³/mol. The van der Waals surface area contributed by atoms with Crippen molar-refractivity contribution in [3.05, 3.63) is 58.7 Å². The van der Waals surface area contributed by atoms with Crippen molar-refractivity contribution < 1.29 is 4.79 Å². The number of rotatable bonds is 8.